The molecule has 0 saturated carbocycles. The van der Waals surface area contributed by atoms with E-state index >= 15 is 0 Å². The Labute approximate surface area is 272 Å². The predicted molar refractivity (Wildman–Crippen MR) is 175 cm³/mol. The van der Waals surface area contributed by atoms with Crippen LogP contribution >= 0.6 is 15.2 Å². The van der Waals surface area contributed by atoms with Gasteiger partial charge >= 0.3 is 20.2 Å². The van der Waals surface area contributed by atoms with Gasteiger partial charge in [0.25, 0.3) is 0 Å². The average molecular weight is 643 g/mol. The first-order valence-electron chi connectivity index (χ1n) is 14.1. The van der Waals surface area contributed by atoms with Gasteiger partial charge in [0.1, 0.15) is 11.5 Å². The molecule has 0 aliphatic heterocycles. The van der Waals surface area contributed by atoms with Gasteiger partial charge in [0, 0.05) is 11.3 Å². The zero-order chi connectivity index (χ0) is 33.6. The van der Waals surface area contributed by atoms with Gasteiger partial charge in [0.05, 0.1) is 0 Å². The summed E-state index contributed by atoms with van der Waals surface area (Å²) in [6, 6.07) is 6.55. The molecule has 2 aromatic carbocycles. The van der Waals surface area contributed by atoms with Gasteiger partial charge in [-0.15, -0.1) is 0 Å². The number of benzene rings is 2. The third-order valence-corrected chi connectivity index (χ3v) is 9.90. The number of aromatic hydroxyl groups is 2. The van der Waals surface area contributed by atoms with Crippen LogP contribution in [0.4, 0.5) is 0 Å². The average Bonchev–Trinajstić information content (AvgIpc) is 2.74. The van der Waals surface area contributed by atoms with Crippen LogP contribution in [0, 0.1) is 0 Å². The molecule has 0 saturated heterocycles. The van der Waals surface area contributed by atoms with Crippen molar-refractivity contribution in [3.63, 3.8) is 0 Å². The van der Waals surface area contributed by atoms with Gasteiger partial charge in [0.2, 0.25) is 0 Å². The monoisotopic (exact) mass is 642 g/mol. The molecule has 8 nitrogen and oxygen atoms in total. The fourth-order valence-corrected chi connectivity index (χ4v) is 5.48. The zero-order valence-corrected chi connectivity index (χ0v) is 30.9. The molecule has 0 aliphatic carbocycles. The van der Waals surface area contributed by atoms with Gasteiger partial charge in [0.15, 0.2) is 0 Å². The summed E-state index contributed by atoms with van der Waals surface area (Å²) >= 11 is 0. The Morgan fingerprint density at radius 1 is 0.500 bits per heavy atom. The van der Waals surface area contributed by atoms with E-state index in [0.717, 1.165) is 0 Å². The number of hydrogen-bond donors (Lipinski definition) is 2. The Hall–Kier alpha value is -1.32. The van der Waals surface area contributed by atoms with Crippen LogP contribution in [-0.2, 0) is 30.8 Å². The van der Waals surface area contributed by atoms with E-state index in [4.69, 9.17) is 0 Å². The number of hydrogen-bond acceptors (Lipinski definition) is 8. The van der Waals surface area contributed by atoms with Crippen molar-refractivity contribution in [1.29, 1.82) is 0 Å². The summed E-state index contributed by atoms with van der Waals surface area (Å²) in [6.07, 6.45) is 0. The van der Waals surface area contributed by atoms with E-state index in [0.29, 0.717) is 33.4 Å². The van der Waals surface area contributed by atoms with Crippen LogP contribution in [-0.4, -0.2) is 30.5 Å². The van der Waals surface area contributed by atoms with Crippen molar-refractivity contribution in [1.82, 2.24) is 0 Å². The number of rotatable bonds is 4. The number of phenols is 2. The molecule has 240 valence electrons. The van der Waals surface area contributed by atoms with E-state index in [1.165, 1.54) is 13.8 Å². The molecule has 0 fully saturated rings. The molecule has 2 unspecified atom stereocenters. The smallest absolute Gasteiger partial charge is 0.810 e. The molecule has 0 heterocycles. The maximum Gasteiger partial charge on any atom is 2.00 e. The van der Waals surface area contributed by atoms with Gasteiger partial charge in [-0.05, 0) is 55.0 Å². The summed E-state index contributed by atoms with van der Waals surface area (Å²) in [4.78, 5) is 45.4. The van der Waals surface area contributed by atoms with E-state index in [2.05, 4.69) is 0 Å². The quantitative estimate of drug-likeness (QED) is 0.341. The SMILES string of the molecule is CC(c1cc(C(C)(C)C)c(O)c(C(C)(C)C)c1)P(=O)([O-])[O-].CC(c1cc(C(C)(C)C)c(O)c(C(C)(C)C)c1)P(=O)([O-])[O-].[Be+2].[Be+2]. The zero-order valence-electron chi connectivity index (χ0n) is 29.1. The van der Waals surface area contributed by atoms with Gasteiger partial charge in [-0.1, -0.05) is 136 Å². The van der Waals surface area contributed by atoms with Gasteiger partial charge in [-0.2, -0.15) is 0 Å². The van der Waals surface area contributed by atoms with E-state index in [1.54, 1.807) is 24.3 Å². The van der Waals surface area contributed by atoms with E-state index in [-0.39, 0.29) is 53.4 Å². The Balaban J connectivity index is 0. The van der Waals surface area contributed by atoms with Crippen molar-refractivity contribution in [2.75, 3.05) is 0 Å². The molecule has 0 aromatic heterocycles. The van der Waals surface area contributed by atoms with E-state index in [1.807, 2.05) is 83.1 Å². The molecule has 0 amide bonds. The fraction of sp³-hybridized carbons (Fsp3) is 0.625. The fourth-order valence-electron chi connectivity index (χ4n) is 4.45. The minimum atomic E-state index is -4.72. The molecule has 0 bridgehead atoms. The van der Waals surface area contributed by atoms with Crippen LogP contribution < -0.4 is 19.6 Å². The summed E-state index contributed by atoms with van der Waals surface area (Å²) in [5.74, 6) is 0.357. The Morgan fingerprint density at radius 3 is 0.773 bits per heavy atom. The molecule has 0 spiro atoms. The topological polar surface area (TPSA) is 167 Å². The van der Waals surface area contributed by atoms with Crippen LogP contribution in [0.3, 0.4) is 0 Å². The molecule has 12 heteroatoms. The third kappa shape index (κ3) is 11.5. The Kier molecular flexibility index (Phi) is 14.9. The molecule has 2 aromatic rings. The summed E-state index contributed by atoms with van der Waals surface area (Å²) < 4.78 is 22.7. The number of phenolic OH excluding ortho intramolecular Hbond substituents is 2. The van der Waals surface area contributed by atoms with Crippen LogP contribution in [0.5, 0.6) is 11.5 Å². The van der Waals surface area contributed by atoms with Crippen LogP contribution in [0.25, 0.3) is 0 Å². The second-order valence-electron chi connectivity index (χ2n) is 15.4. The summed E-state index contributed by atoms with van der Waals surface area (Å²) in [5, 5.41) is 21.1. The summed E-state index contributed by atoms with van der Waals surface area (Å²) in [6.45, 7) is 26.1. The van der Waals surface area contributed by atoms with Crippen molar-refractivity contribution >= 4 is 35.4 Å². The van der Waals surface area contributed by atoms with Gasteiger partial charge < -0.3 is 38.9 Å². The predicted octanol–water partition coefficient (Wildman–Crippen LogP) is 5.16. The minimum absolute atomic E-state index is 0. The Bertz CT molecular complexity index is 1190. The molecule has 2 atom stereocenters. The maximum atomic E-state index is 11.3. The van der Waals surface area contributed by atoms with Crippen LogP contribution in [0.2, 0.25) is 0 Å². The standard InChI is InChI=1S/2C16H27O4P.2Be/c2*1-10(21(18,19)20)11-8-12(15(2,3)4)14(17)13(9-11)16(5,6)7;;/h2*8-10,17H,1-7H3,(H2,18,19,20);;/q;;2*+2/p-4. The van der Waals surface area contributed by atoms with Crippen LogP contribution in [0.15, 0.2) is 24.3 Å². The second-order valence-corrected chi connectivity index (χ2v) is 19.1. The van der Waals surface area contributed by atoms with E-state index < -0.39 is 26.5 Å². The van der Waals surface area contributed by atoms with Crippen LogP contribution in [0.1, 0.15) is 142 Å². The van der Waals surface area contributed by atoms with E-state index in [9.17, 15) is 38.9 Å². The first-order chi connectivity index (χ1) is 18.3. The largest absolute Gasteiger partial charge is 2.00 e. The first-order valence-corrected chi connectivity index (χ1v) is 17.3. The molecule has 0 aliphatic rings. The second kappa shape index (κ2) is 14.6. The minimum Gasteiger partial charge on any atom is -0.810 e. The van der Waals surface area contributed by atoms with Gasteiger partial charge in [-0.3, -0.25) is 0 Å². The normalized spacial score (nSPS) is 14.4. The Morgan fingerprint density at radius 2 is 0.659 bits per heavy atom. The molecule has 0 radical (unpaired) electrons. The molecule has 44 heavy (non-hydrogen) atoms. The summed E-state index contributed by atoms with van der Waals surface area (Å²) in [5.41, 5.74) is -0.116. The van der Waals surface area contributed by atoms with Crippen molar-refractivity contribution in [2.24, 2.45) is 0 Å². The maximum absolute atomic E-state index is 11.3. The van der Waals surface area contributed by atoms with Crippen molar-refractivity contribution < 1.29 is 38.9 Å². The molecule has 2 rings (SSSR count). The third-order valence-electron chi connectivity index (χ3n) is 7.41. The molecule has 2 N–H and O–H groups in total. The molecular weight excluding hydrogens is 592 g/mol. The van der Waals surface area contributed by atoms with Gasteiger partial charge in [-0.25, -0.2) is 0 Å². The van der Waals surface area contributed by atoms with Crippen molar-refractivity contribution in [3.8, 4) is 11.5 Å². The van der Waals surface area contributed by atoms with Crippen molar-refractivity contribution in [2.45, 2.75) is 130 Å². The first kappa shape index (κ1) is 44.8. The van der Waals surface area contributed by atoms with Crippen molar-refractivity contribution in [3.05, 3.63) is 57.6 Å². The molecular formula is C32H50Be2O8P2. The summed E-state index contributed by atoms with van der Waals surface area (Å²) in [7, 11) is -9.44.